The van der Waals surface area contributed by atoms with Crippen LogP contribution in [0.3, 0.4) is 0 Å². The summed E-state index contributed by atoms with van der Waals surface area (Å²) in [5, 5.41) is 0. The molecule has 0 atom stereocenters. The number of carbonyl (C=O) groups is 1. The molecule has 0 aliphatic carbocycles. The van der Waals surface area contributed by atoms with E-state index in [9.17, 15) is 4.79 Å². The van der Waals surface area contributed by atoms with Gasteiger partial charge in [0.25, 0.3) is 0 Å². The molecular weight excluding hydrogens is 144 g/mol. The summed E-state index contributed by atoms with van der Waals surface area (Å²) < 4.78 is 9.34. The molecule has 3 heteroatoms. The molecule has 0 fully saturated rings. The number of rotatable bonds is 4. The van der Waals surface area contributed by atoms with E-state index < -0.39 is 5.97 Å². The van der Waals surface area contributed by atoms with Gasteiger partial charge in [0.2, 0.25) is 0 Å². The van der Waals surface area contributed by atoms with Crippen molar-refractivity contribution < 1.29 is 14.3 Å². The van der Waals surface area contributed by atoms with Gasteiger partial charge in [-0.3, -0.25) is 0 Å². The van der Waals surface area contributed by atoms with Crippen molar-refractivity contribution in [1.82, 2.24) is 0 Å². The van der Waals surface area contributed by atoms with Gasteiger partial charge in [-0.1, -0.05) is 13.8 Å². The molecule has 0 rings (SSSR count). The summed E-state index contributed by atoms with van der Waals surface area (Å²) in [6.07, 6.45) is 2.61. The smallest absolute Gasteiger partial charge is 0.333 e. The number of hydrogen-bond donors (Lipinski definition) is 0. The number of methoxy groups -OCH3 is 1. The lowest BCUT2D eigenvalue weighted by Crippen LogP contribution is -1.98. The van der Waals surface area contributed by atoms with Crippen molar-refractivity contribution in [3.05, 3.63) is 12.3 Å². The Kier molecular flexibility index (Phi) is 5.25. The number of esters is 1. The first-order chi connectivity index (χ1) is 5.16. The maximum Gasteiger partial charge on any atom is 0.333 e. The third kappa shape index (κ3) is 6.90. The van der Waals surface area contributed by atoms with Crippen LogP contribution < -0.4 is 0 Å². The average Bonchev–Trinajstić information content (AvgIpc) is 1.97. The molecule has 0 aliphatic heterocycles. The van der Waals surface area contributed by atoms with Gasteiger partial charge in [0, 0.05) is 0 Å². The second kappa shape index (κ2) is 5.77. The molecule has 0 N–H and O–H groups in total. The summed E-state index contributed by atoms with van der Waals surface area (Å²) >= 11 is 0. The van der Waals surface area contributed by atoms with Gasteiger partial charge < -0.3 is 9.47 Å². The molecule has 0 aromatic carbocycles. The fourth-order valence-electron chi connectivity index (χ4n) is 0.420. The third-order valence-electron chi connectivity index (χ3n) is 0.931. The summed E-state index contributed by atoms with van der Waals surface area (Å²) in [4.78, 5) is 10.5. The Balaban J connectivity index is 3.37. The van der Waals surface area contributed by atoms with Gasteiger partial charge in [0.15, 0.2) is 0 Å². The van der Waals surface area contributed by atoms with Crippen molar-refractivity contribution in [3.63, 3.8) is 0 Å². The number of hydrogen-bond acceptors (Lipinski definition) is 3. The molecule has 11 heavy (non-hydrogen) atoms. The van der Waals surface area contributed by atoms with Crippen molar-refractivity contribution in [1.29, 1.82) is 0 Å². The minimum absolute atomic E-state index is 0.395. The number of carbonyl (C=O) groups excluding carboxylic acids is 1. The summed E-state index contributed by atoms with van der Waals surface area (Å²) in [6.45, 7) is 4.69. The predicted molar refractivity (Wildman–Crippen MR) is 41.9 cm³/mol. The van der Waals surface area contributed by atoms with Crippen LogP contribution in [0.1, 0.15) is 13.8 Å². The van der Waals surface area contributed by atoms with Gasteiger partial charge in [0.1, 0.15) is 0 Å². The first-order valence-electron chi connectivity index (χ1n) is 3.53. The Morgan fingerprint density at radius 1 is 1.55 bits per heavy atom. The van der Waals surface area contributed by atoms with Crippen LogP contribution in [-0.2, 0) is 14.3 Å². The van der Waals surface area contributed by atoms with Crippen molar-refractivity contribution in [2.75, 3.05) is 13.7 Å². The summed E-state index contributed by atoms with van der Waals surface area (Å²) in [6, 6.07) is 0. The fraction of sp³-hybridized carbons (Fsp3) is 0.625. The zero-order chi connectivity index (χ0) is 8.69. The van der Waals surface area contributed by atoms with E-state index in [2.05, 4.69) is 4.74 Å². The molecule has 0 aromatic heterocycles. The Morgan fingerprint density at radius 3 is 2.64 bits per heavy atom. The van der Waals surface area contributed by atoms with Gasteiger partial charge in [-0.15, -0.1) is 0 Å². The van der Waals surface area contributed by atoms with Gasteiger partial charge in [-0.05, 0) is 5.92 Å². The van der Waals surface area contributed by atoms with Crippen molar-refractivity contribution in [2.45, 2.75) is 13.8 Å². The maximum absolute atomic E-state index is 10.5. The van der Waals surface area contributed by atoms with Crippen LogP contribution in [0.25, 0.3) is 0 Å². The lowest BCUT2D eigenvalue weighted by Gasteiger charge is -2.01. The standard InChI is InChI=1S/C8H14O3/c1-7(2)6-11-5-4-8(9)10-3/h4-5,7H,6H2,1-3H3/b5-4+. The average molecular weight is 158 g/mol. The maximum atomic E-state index is 10.5. The Morgan fingerprint density at radius 2 is 2.18 bits per heavy atom. The minimum atomic E-state index is -0.395. The molecule has 0 aromatic rings. The second-order valence-corrected chi connectivity index (χ2v) is 2.55. The predicted octanol–water partition coefficient (Wildman–Crippen LogP) is 1.35. The molecule has 0 saturated carbocycles. The van der Waals surface area contributed by atoms with Gasteiger partial charge >= 0.3 is 5.97 Å². The normalized spacial score (nSPS) is 10.5. The lowest BCUT2D eigenvalue weighted by atomic mass is 10.2. The topological polar surface area (TPSA) is 35.5 Å². The van der Waals surface area contributed by atoms with Crippen LogP contribution >= 0.6 is 0 Å². The van der Waals surface area contributed by atoms with Crippen molar-refractivity contribution in [2.24, 2.45) is 5.92 Å². The molecule has 0 bridgehead atoms. The molecular formula is C8H14O3. The minimum Gasteiger partial charge on any atom is -0.501 e. The van der Waals surface area contributed by atoms with Gasteiger partial charge in [-0.2, -0.15) is 0 Å². The Hall–Kier alpha value is -0.990. The SMILES string of the molecule is COC(=O)/C=C/OCC(C)C. The molecule has 0 amide bonds. The second-order valence-electron chi connectivity index (χ2n) is 2.55. The van der Waals surface area contributed by atoms with Crippen LogP contribution in [0, 0.1) is 5.92 Å². The summed E-state index contributed by atoms with van der Waals surface area (Å²) in [5.74, 6) is 0.0750. The van der Waals surface area contributed by atoms with E-state index in [1.54, 1.807) is 0 Å². The largest absolute Gasteiger partial charge is 0.501 e. The van der Waals surface area contributed by atoms with Gasteiger partial charge in [0.05, 0.1) is 26.1 Å². The highest BCUT2D eigenvalue weighted by Gasteiger charge is 1.92. The van der Waals surface area contributed by atoms with Crippen LogP contribution in [0.2, 0.25) is 0 Å². The monoisotopic (exact) mass is 158 g/mol. The van der Waals surface area contributed by atoms with Crippen LogP contribution in [-0.4, -0.2) is 19.7 Å². The van der Waals surface area contributed by atoms with E-state index in [0.29, 0.717) is 12.5 Å². The molecule has 0 spiro atoms. The van der Waals surface area contributed by atoms with E-state index in [4.69, 9.17) is 4.74 Å². The highest BCUT2D eigenvalue weighted by molar-refractivity contribution is 5.81. The van der Waals surface area contributed by atoms with E-state index in [1.165, 1.54) is 19.4 Å². The van der Waals surface area contributed by atoms with Crippen LogP contribution in [0.5, 0.6) is 0 Å². The van der Waals surface area contributed by atoms with E-state index >= 15 is 0 Å². The number of ether oxygens (including phenoxy) is 2. The van der Waals surface area contributed by atoms with Crippen molar-refractivity contribution in [3.8, 4) is 0 Å². The highest BCUT2D eigenvalue weighted by atomic mass is 16.5. The summed E-state index contributed by atoms with van der Waals surface area (Å²) in [7, 11) is 1.33. The summed E-state index contributed by atoms with van der Waals surface area (Å²) in [5.41, 5.74) is 0. The molecule has 64 valence electrons. The molecule has 0 saturated heterocycles. The Bertz CT molecular complexity index is 138. The molecule has 3 nitrogen and oxygen atoms in total. The Labute approximate surface area is 67.0 Å². The lowest BCUT2D eigenvalue weighted by molar-refractivity contribution is -0.135. The van der Waals surface area contributed by atoms with E-state index in [1.807, 2.05) is 13.8 Å². The fourth-order valence-corrected chi connectivity index (χ4v) is 0.420. The molecule has 0 radical (unpaired) electrons. The first-order valence-corrected chi connectivity index (χ1v) is 3.53. The van der Waals surface area contributed by atoms with Gasteiger partial charge in [-0.25, -0.2) is 4.79 Å². The highest BCUT2D eigenvalue weighted by Crippen LogP contribution is 1.92. The zero-order valence-corrected chi connectivity index (χ0v) is 7.16. The van der Waals surface area contributed by atoms with Crippen molar-refractivity contribution >= 4 is 5.97 Å². The van der Waals surface area contributed by atoms with Crippen LogP contribution in [0.15, 0.2) is 12.3 Å². The van der Waals surface area contributed by atoms with Crippen LogP contribution in [0.4, 0.5) is 0 Å². The first kappa shape index (κ1) is 10.0. The third-order valence-corrected chi connectivity index (χ3v) is 0.931. The zero-order valence-electron chi connectivity index (χ0n) is 7.16. The molecule has 0 heterocycles. The van der Waals surface area contributed by atoms with E-state index in [-0.39, 0.29) is 0 Å². The molecule has 0 unspecified atom stereocenters. The quantitative estimate of drug-likeness (QED) is 0.352. The molecule has 0 aliphatic rings. The van der Waals surface area contributed by atoms with E-state index in [0.717, 1.165) is 0 Å².